The summed E-state index contributed by atoms with van der Waals surface area (Å²) in [5.74, 6) is 0. The fourth-order valence-electron chi connectivity index (χ4n) is 2.37. The van der Waals surface area contributed by atoms with Gasteiger partial charge in [0.25, 0.3) is 0 Å². The van der Waals surface area contributed by atoms with Crippen LogP contribution in [0.5, 0.6) is 0 Å². The van der Waals surface area contributed by atoms with Gasteiger partial charge in [-0.2, -0.15) is 0 Å². The van der Waals surface area contributed by atoms with Crippen LogP contribution in [0, 0.1) is 5.41 Å². The van der Waals surface area contributed by atoms with Crippen LogP contribution in [0.3, 0.4) is 0 Å². The molecule has 2 spiro atoms. The van der Waals surface area contributed by atoms with Gasteiger partial charge in [0.05, 0.1) is 5.60 Å². The highest BCUT2D eigenvalue weighted by molar-refractivity contribution is 5.08. The normalized spacial score (nSPS) is 38.4. The van der Waals surface area contributed by atoms with Gasteiger partial charge in [-0.1, -0.05) is 0 Å². The van der Waals surface area contributed by atoms with E-state index in [1.54, 1.807) is 0 Å². The Morgan fingerprint density at radius 1 is 0.900 bits per heavy atom. The third-order valence-corrected chi connectivity index (χ3v) is 3.50. The van der Waals surface area contributed by atoms with Crippen LogP contribution in [0.15, 0.2) is 0 Å². The molecule has 1 heteroatoms. The molecule has 0 unspecified atom stereocenters. The van der Waals surface area contributed by atoms with Crippen LogP contribution < -0.4 is 0 Å². The molecule has 2 saturated carbocycles. The minimum Gasteiger partial charge on any atom is -0.375 e. The summed E-state index contributed by atoms with van der Waals surface area (Å²) in [7, 11) is 0. The highest BCUT2D eigenvalue weighted by atomic mass is 16.5. The average molecular weight is 138 g/mol. The zero-order valence-corrected chi connectivity index (χ0v) is 6.36. The van der Waals surface area contributed by atoms with Crippen LogP contribution in [0.4, 0.5) is 0 Å². The molecule has 0 aromatic carbocycles. The Morgan fingerprint density at radius 2 is 1.70 bits per heavy atom. The lowest BCUT2D eigenvalue weighted by Gasteiger charge is -2.29. The SMILES string of the molecule is C1CC2(CC2)CC2(CC2)O1. The van der Waals surface area contributed by atoms with Gasteiger partial charge in [-0.3, -0.25) is 0 Å². The van der Waals surface area contributed by atoms with E-state index in [-0.39, 0.29) is 0 Å². The minimum absolute atomic E-state index is 0.425. The van der Waals surface area contributed by atoms with Gasteiger partial charge >= 0.3 is 0 Å². The van der Waals surface area contributed by atoms with Crippen molar-refractivity contribution in [2.24, 2.45) is 5.41 Å². The summed E-state index contributed by atoms with van der Waals surface area (Å²) < 4.78 is 5.75. The Morgan fingerprint density at radius 3 is 2.30 bits per heavy atom. The Labute approximate surface area is 61.8 Å². The summed E-state index contributed by atoms with van der Waals surface area (Å²) in [5.41, 5.74) is 1.23. The molecule has 1 aliphatic heterocycles. The van der Waals surface area contributed by atoms with E-state index >= 15 is 0 Å². The van der Waals surface area contributed by atoms with E-state index < -0.39 is 0 Å². The third-order valence-electron chi connectivity index (χ3n) is 3.50. The lowest BCUT2D eigenvalue weighted by atomic mass is 9.91. The van der Waals surface area contributed by atoms with Gasteiger partial charge in [-0.25, -0.2) is 0 Å². The second kappa shape index (κ2) is 1.42. The summed E-state index contributed by atoms with van der Waals surface area (Å²) >= 11 is 0. The fourth-order valence-corrected chi connectivity index (χ4v) is 2.37. The molecule has 3 rings (SSSR count). The summed E-state index contributed by atoms with van der Waals surface area (Å²) in [5, 5.41) is 0. The van der Waals surface area contributed by atoms with E-state index in [0.29, 0.717) is 5.60 Å². The minimum atomic E-state index is 0.425. The molecule has 1 nitrogen and oxygen atoms in total. The van der Waals surface area contributed by atoms with E-state index in [1.807, 2.05) is 0 Å². The van der Waals surface area contributed by atoms with Crippen molar-refractivity contribution in [1.29, 1.82) is 0 Å². The summed E-state index contributed by atoms with van der Waals surface area (Å²) in [6.45, 7) is 1.06. The zero-order valence-electron chi connectivity index (χ0n) is 6.36. The monoisotopic (exact) mass is 138 g/mol. The topological polar surface area (TPSA) is 9.23 Å². The average Bonchev–Trinajstić information content (AvgIpc) is 2.78. The van der Waals surface area contributed by atoms with Crippen molar-refractivity contribution in [1.82, 2.24) is 0 Å². The molecule has 0 amide bonds. The van der Waals surface area contributed by atoms with Gasteiger partial charge in [0.2, 0.25) is 0 Å². The second-order valence-electron chi connectivity index (χ2n) is 4.46. The molecule has 10 heavy (non-hydrogen) atoms. The van der Waals surface area contributed by atoms with E-state index in [0.717, 1.165) is 12.0 Å². The Hall–Kier alpha value is -0.0400. The van der Waals surface area contributed by atoms with Crippen LogP contribution >= 0.6 is 0 Å². The highest BCUT2D eigenvalue weighted by Crippen LogP contribution is 2.62. The lowest BCUT2D eigenvalue weighted by Crippen LogP contribution is -2.27. The Bertz CT molecular complexity index is 148. The van der Waals surface area contributed by atoms with E-state index in [2.05, 4.69) is 0 Å². The molecule has 3 fully saturated rings. The molecule has 0 aromatic heterocycles. The standard InChI is InChI=1S/C9H14O/c1-2-8(1)5-6-10-9(7-8)3-4-9/h1-7H2. The Kier molecular flexibility index (Phi) is 0.797. The van der Waals surface area contributed by atoms with Crippen molar-refractivity contribution in [3.8, 4) is 0 Å². The first-order valence-electron chi connectivity index (χ1n) is 4.47. The van der Waals surface area contributed by atoms with Gasteiger partial charge in [0.15, 0.2) is 0 Å². The largest absolute Gasteiger partial charge is 0.375 e. The number of rotatable bonds is 0. The first kappa shape index (κ1) is 5.59. The van der Waals surface area contributed by atoms with Crippen molar-refractivity contribution in [3.05, 3.63) is 0 Å². The molecule has 0 aromatic rings. The van der Waals surface area contributed by atoms with Gasteiger partial charge in [0.1, 0.15) is 0 Å². The smallest absolute Gasteiger partial charge is 0.0690 e. The molecule has 1 heterocycles. The molecule has 0 atom stereocenters. The van der Waals surface area contributed by atoms with Crippen LogP contribution in [0.2, 0.25) is 0 Å². The fraction of sp³-hybridized carbons (Fsp3) is 1.00. The van der Waals surface area contributed by atoms with Crippen molar-refractivity contribution < 1.29 is 4.74 Å². The number of ether oxygens (including phenoxy) is 1. The lowest BCUT2D eigenvalue weighted by molar-refractivity contribution is -0.0352. The second-order valence-corrected chi connectivity index (χ2v) is 4.46. The van der Waals surface area contributed by atoms with E-state index in [4.69, 9.17) is 4.74 Å². The van der Waals surface area contributed by atoms with Crippen molar-refractivity contribution in [2.45, 2.75) is 44.1 Å². The maximum absolute atomic E-state index is 5.75. The first-order chi connectivity index (χ1) is 4.83. The summed E-state index contributed by atoms with van der Waals surface area (Å²) in [6, 6.07) is 0. The molecule has 3 aliphatic rings. The van der Waals surface area contributed by atoms with Crippen molar-refractivity contribution in [2.75, 3.05) is 6.61 Å². The Balaban J connectivity index is 1.80. The van der Waals surface area contributed by atoms with Gasteiger partial charge in [-0.05, 0) is 43.9 Å². The van der Waals surface area contributed by atoms with Crippen LogP contribution in [-0.2, 0) is 4.74 Å². The number of hydrogen-bond donors (Lipinski definition) is 0. The quantitative estimate of drug-likeness (QED) is 0.498. The van der Waals surface area contributed by atoms with Gasteiger partial charge in [-0.15, -0.1) is 0 Å². The van der Waals surface area contributed by atoms with Gasteiger partial charge < -0.3 is 4.74 Å². The van der Waals surface area contributed by atoms with Crippen LogP contribution in [0.1, 0.15) is 38.5 Å². The molecule has 56 valence electrons. The summed E-state index contributed by atoms with van der Waals surface area (Å²) in [4.78, 5) is 0. The predicted molar refractivity (Wildman–Crippen MR) is 38.8 cm³/mol. The highest BCUT2D eigenvalue weighted by Gasteiger charge is 2.57. The zero-order chi connectivity index (χ0) is 6.66. The maximum Gasteiger partial charge on any atom is 0.0690 e. The van der Waals surface area contributed by atoms with Crippen LogP contribution in [-0.4, -0.2) is 12.2 Å². The summed E-state index contributed by atoms with van der Waals surface area (Å²) in [6.07, 6.45) is 8.47. The molecule has 2 aliphatic carbocycles. The molecular formula is C9H14O. The predicted octanol–water partition coefficient (Wildman–Crippen LogP) is 2.11. The van der Waals surface area contributed by atoms with Gasteiger partial charge in [0, 0.05) is 6.61 Å². The molecule has 0 radical (unpaired) electrons. The van der Waals surface area contributed by atoms with E-state index in [1.165, 1.54) is 38.5 Å². The molecular weight excluding hydrogens is 124 g/mol. The van der Waals surface area contributed by atoms with Crippen molar-refractivity contribution in [3.63, 3.8) is 0 Å². The first-order valence-corrected chi connectivity index (χ1v) is 4.47. The number of hydrogen-bond acceptors (Lipinski definition) is 1. The van der Waals surface area contributed by atoms with Crippen LogP contribution in [0.25, 0.3) is 0 Å². The van der Waals surface area contributed by atoms with E-state index in [9.17, 15) is 0 Å². The maximum atomic E-state index is 5.75. The third kappa shape index (κ3) is 0.672. The van der Waals surface area contributed by atoms with Crippen molar-refractivity contribution >= 4 is 0 Å². The molecule has 0 bridgehead atoms. The molecule has 0 N–H and O–H groups in total. The molecule has 1 saturated heterocycles.